The van der Waals surface area contributed by atoms with Crippen molar-refractivity contribution in [3.8, 4) is 0 Å². The molecule has 1 aliphatic rings. The van der Waals surface area contributed by atoms with E-state index >= 15 is 0 Å². The molecule has 0 saturated heterocycles. The number of carbonyl (C=O) groups is 1. The Kier molecular flexibility index (Phi) is 3.78. The minimum atomic E-state index is -0.356. The van der Waals surface area contributed by atoms with Crippen molar-refractivity contribution in [3.05, 3.63) is 53.5 Å². The molecule has 4 aromatic rings. The third-order valence-corrected chi connectivity index (χ3v) is 4.64. The van der Waals surface area contributed by atoms with Crippen molar-refractivity contribution in [2.24, 2.45) is 0 Å². The zero-order chi connectivity index (χ0) is 19.1. The minimum Gasteiger partial charge on any atom is -0.368 e. The fraction of sp³-hybridized carbons (Fsp3) is 0.294. The molecule has 0 aliphatic heterocycles. The fourth-order valence-corrected chi connectivity index (χ4v) is 3.09. The number of aromatic amines is 1. The molecular weight excluding hydrogens is 360 g/mol. The molecule has 5 rings (SSSR count). The van der Waals surface area contributed by atoms with Crippen LogP contribution in [-0.2, 0) is 13.1 Å². The van der Waals surface area contributed by atoms with E-state index in [1.54, 1.807) is 10.9 Å². The van der Waals surface area contributed by atoms with Gasteiger partial charge in [0.05, 0.1) is 25.0 Å². The second-order valence-electron chi connectivity index (χ2n) is 6.88. The number of amides is 1. The minimum absolute atomic E-state index is 0.172. The smallest absolute Gasteiger partial charge is 0.273 e. The molecule has 11 heteroatoms. The summed E-state index contributed by atoms with van der Waals surface area (Å²) < 4.78 is 3.63. The average molecular weight is 378 g/mol. The van der Waals surface area contributed by atoms with Gasteiger partial charge in [0, 0.05) is 12.4 Å². The summed E-state index contributed by atoms with van der Waals surface area (Å²) in [7, 11) is 0. The van der Waals surface area contributed by atoms with Crippen LogP contribution in [0, 0.1) is 0 Å². The molecule has 142 valence electrons. The largest absolute Gasteiger partial charge is 0.368 e. The first-order valence-electron chi connectivity index (χ1n) is 8.97. The summed E-state index contributed by atoms with van der Waals surface area (Å²) in [5, 5.41) is 18.1. The van der Waals surface area contributed by atoms with Crippen molar-refractivity contribution in [2.45, 2.75) is 31.8 Å². The van der Waals surface area contributed by atoms with Crippen LogP contribution < -0.4 is 11.1 Å². The first kappa shape index (κ1) is 16.4. The van der Waals surface area contributed by atoms with Crippen LogP contribution in [0.25, 0.3) is 5.65 Å². The van der Waals surface area contributed by atoms with Crippen LogP contribution in [-0.4, -0.2) is 45.5 Å². The van der Waals surface area contributed by atoms with Gasteiger partial charge in [0.15, 0.2) is 11.5 Å². The maximum Gasteiger partial charge on any atom is 0.273 e. The topological polar surface area (TPSA) is 145 Å². The van der Waals surface area contributed by atoms with Crippen LogP contribution in [0.4, 0.5) is 5.95 Å². The van der Waals surface area contributed by atoms with Gasteiger partial charge in [-0.1, -0.05) is 11.3 Å². The second-order valence-corrected chi connectivity index (χ2v) is 6.88. The monoisotopic (exact) mass is 378 g/mol. The van der Waals surface area contributed by atoms with Gasteiger partial charge in [-0.05, 0) is 30.4 Å². The number of pyridine rings is 1. The number of imidazole rings is 1. The maximum absolute atomic E-state index is 12.2. The van der Waals surface area contributed by atoms with Gasteiger partial charge in [-0.15, -0.1) is 15.3 Å². The van der Waals surface area contributed by atoms with Gasteiger partial charge in [-0.25, -0.2) is 9.67 Å². The van der Waals surface area contributed by atoms with E-state index < -0.39 is 0 Å². The number of nitrogens with zero attached hydrogens (tertiary/aromatic N) is 7. The number of nitrogens with one attached hydrogen (secondary N) is 2. The van der Waals surface area contributed by atoms with Gasteiger partial charge in [-0.3, -0.25) is 4.79 Å². The molecule has 1 saturated carbocycles. The van der Waals surface area contributed by atoms with Crippen molar-refractivity contribution < 1.29 is 4.79 Å². The Morgan fingerprint density at radius 1 is 1.21 bits per heavy atom. The highest BCUT2D eigenvalue weighted by molar-refractivity contribution is 5.91. The van der Waals surface area contributed by atoms with Crippen molar-refractivity contribution in [1.82, 2.24) is 44.9 Å². The van der Waals surface area contributed by atoms with Gasteiger partial charge in [0.2, 0.25) is 5.95 Å². The highest BCUT2D eigenvalue weighted by Gasteiger charge is 2.23. The third-order valence-electron chi connectivity index (χ3n) is 4.64. The molecule has 0 bridgehead atoms. The highest BCUT2D eigenvalue weighted by Crippen LogP contribution is 2.39. The van der Waals surface area contributed by atoms with Crippen molar-refractivity contribution in [2.75, 3.05) is 5.73 Å². The lowest BCUT2D eigenvalue weighted by Gasteiger charge is -1.98. The Balaban J connectivity index is 1.25. The number of nitrogens with two attached hydrogens (primary N) is 1. The van der Waals surface area contributed by atoms with Gasteiger partial charge < -0.3 is 20.4 Å². The van der Waals surface area contributed by atoms with Gasteiger partial charge in [-0.2, -0.15) is 0 Å². The van der Waals surface area contributed by atoms with Gasteiger partial charge in [0.1, 0.15) is 5.65 Å². The van der Waals surface area contributed by atoms with E-state index in [0.29, 0.717) is 18.3 Å². The molecule has 11 nitrogen and oxygen atoms in total. The predicted octanol–water partition coefficient (Wildman–Crippen LogP) is 0.482. The predicted molar refractivity (Wildman–Crippen MR) is 98.3 cm³/mol. The van der Waals surface area contributed by atoms with Gasteiger partial charge >= 0.3 is 0 Å². The Labute approximate surface area is 159 Å². The maximum atomic E-state index is 12.2. The lowest BCUT2D eigenvalue weighted by Crippen LogP contribution is -2.23. The number of nitrogen functional groups attached to an aromatic ring is 1. The molecule has 1 aliphatic carbocycles. The molecule has 4 N–H and O–H groups in total. The summed E-state index contributed by atoms with van der Waals surface area (Å²) in [5.41, 5.74) is 8.76. The van der Waals surface area contributed by atoms with Crippen molar-refractivity contribution in [1.29, 1.82) is 0 Å². The van der Waals surface area contributed by atoms with E-state index in [4.69, 9.17) is 5.73 Å². The zero-order valence-corrected chi connectivity index (χ0v) is 14.9. The van der Waals surface area contributed by atoms with Gasteiger partial charge in [0.25, 0.3) is 5.91 Å². The third kappa shape index (κ3) is 3.29. The van der Waals surface area contributed by atoms with Crippen LogP contribution in [0.3, 0.4) is 0 Å². The Bertz CT molecular complexity index is 1150. The van der Waals surface area contributed by atoms with Crippen LogP contribution in [0.15, 0.2) is 30.7 Å². The van der Waals surface area contributed by atoms with Crippen molar-refractivity contribution in [3.63, 3.8) is 0 Å². The first-order chi connectivity index (χ1) is 13.6. The summed E-state index contributed by atoms with van der Waals surface area (Å²) in [6.07, 6.45) is 8.24. The zero-order valence-electron chi connectivity index (χ0n) is 14.9. The number of rotatable bonds is 6. The van der Waals surface area contributed by atoms with E-state index in [0.717, 1.165) is 11.3 Å². The SMILES string of the molecule is Nc1nnc(CNC(=O)c2cn(Cc3cn4cc(C5CC5)ccc4n3)nn2)[nH]1. The number of aromatic nitrogens is 8. The first-order valence-corrected chi connectivity index (χ1v) is 8.97. The number of hydrogen-bond acceptors (Lipinski definition) is 7. The molecule has 0 radical (unpaired) electrons. The van der Waals surface area contributed by atoms with Crippen LogP contribution in [0.1, 0.15) is 46.3 Å². The molecular formula is C17H18N10O. The molecule has 4 aromatic heterocycles. The number of anilines is 1. The molecule has 0 aromatic carbocycles. The molecule has 0 spiro atoms. The molecule has 1 amide bonds. The normalized spacial score (nSPS) is 13.9. The number of H-pyrrole nitrogens is 1. The molecule has 0 atom stereocenters. The second kappa shape index (κ2) is 6.44. The molecule has 28 heavy (non-hydrogen) atoms. The number of carbonyl (C=O) groups excluding carboxylic acids is 1. The summed E-state index contributed by atoms with van der Waals surface area (Å²) in [4.78, 5) is 19.5. The van der Waals surface area contributed by atoms with Crippen LogP contribution in [0.5, 0.6) is 0 Å². The summed E-state index contributed by atoms with van der Waals surface area (Å²) in [6.45, 7) is 0.602. The molecule has 1 fully saturated rings. The Morgan fingerprint density at radius 2 is 2.11 bits per heavy atom. The van der Waals surface area contributed by atoms with Crippen LogP contribution in [0.2, 0.25) is 0 Å². The summed E-state index contributed by atoms with van der Waals surface area (Å²) in [5.74, 6) is 1.01. The van der Waals surface area contributed by atoms with Crippen LogP contribution >= 0.6 is 0 Å². The average Bonchev–Trinajstić information content (AvgIpc) is 3.09. The fourth-order valence-electron chi connectivity index (χ4n) is 3.09. The Hall–Kier alpha value is -3.76. The molecule has 0 unspecified atom stereocenters. The standard InChI is InChI=1S/C17H18N10O/c18-17-21-14(23-24-17)5-19-16(28)13-9-27(25-22-13)8-12-7-26-6-11(10-1-2-10)3-4-15(26)20-12/h3-4,6-7,9-10H,1-2,5,8H2,(H,19,28)(H3,18,21,23,24). The van der Waals surface area contributed by atoms with E-state index in [2.05, 4.69) is 48.1 Å². The summed E-state index contributed by atoms with van der Waals surface area (Å²) >= 11 is 0. The lowest BCUT2D eigenvalue weighted by molar-refractivity contribution is 0.0945. The highest BCUT2D eigenvalue weighted by atomic mass is 16.2. The van der Waals surface area contributed by atoms with E-state index in [9.17, 15) is 4.79 Å². The quantitative estimate of drug-likeness (QED) is 0.442. The van der Waals surface area contributed by atoms with E-state index in [1.807, 2.05) is 16.7 Å². The molecule has 4 heterocycles. The van der Waals surface area contributed by atoms with Crippen molar-refractivity contribution >= 4 is 17.5 Å². The Morgan fingerprint density at radius 3 is 2.89 bits per heavy atom. The van der Waals surface area contributed by atoms with E-state index in [-0.39, 0.29) is 24.1 Å². The summed E-state index contributed by atoms with van der Waals surface area (Å²) in [6, 6.07) is 4.18. The lowest BCUT2D eigenvalue weighted by atomic mass is 10.2. The van der Waals surface area contributed by atoms with E-state index in [1.165, 1.54) is 18.4 Å². The number of hydrogen-bond donors (Lipinski definition) is 3. The number of fused-ring (bicyclic) bond motifs is 1.